The van der Waals surface area contributed by atoms with Gasteiger partial charge in [0.2, 0.25) is 11.9 Å². The molecule has 190 valence electrons. The zero-order valence-corrected chi connectivity index (χ0v) is 19.8. The summed E-state index contributed by atoms with van der Waals surface area (Å²) >= 11 is 0. The molecule has 0 N–H and O–H groups in total. The average molecular weight is 508 g/mol. The second kappa shape index (κ2) is 9.15. The highest BCUT2D eigenvalue weighted by molar-refractivity contribution is 5.98. The zero-order chi connectivity index (χ0) is 25.6. The first kappa shape index (κ1) is 23.4. The Kier molecular flexibility index (Phi) is 5.79. The van der Waals surface area contributed by atoms with E-state index in [2.05, 4.69) is 24.8 Å². The maximum Gasteiger partial charge on any atom is 0.433 e. The Labute approximate surface area is 211 Å². The molecule has 1 unspecified atom stereocenters. The first-order valence-electron chi connectivity index (χ1n) is 12.1. The molecule has 0 bridgehead atoms. The number of carbonyl (C=O) groups is 1. The fourth-order valence-corrected chi connectivity index (χ4v) is 5.17. The predicted molar refractivity (Wildman–Crippen MR) is 133 cm³/mol. The summed E-state index contributed by atoms with van der Waals surface area (Å²) in [5.74, 6) is 0.800. The molecule has 0 radical (unpaired) electrons. The van der Waals surface area contributed by atoms with Crippen LogP contribution in [-0.2, 0) is 11.0 Å². The van der Waals surface area contributed by atoms with Crippen LogP contribution in [0.15, 0.2) is 67.3 Å². The number of hydrogen-bond acceptors (Lipinski definition) is 6. The van der Waals surface area contributed by atoms with E-state index in [4.69, 9.17) is 0 Å². The van der Waals surface area contributed by atoms with Crippen LogP contribution in [0, 0.1) is 0 Å². The van der Waals surface area contributed by atoms with E-state index in [0.29, 0.717) is 18.7 Å². The van der Waals surface area contributed by atoms with Crippen LogP contribution in [0.2, 0.25) is 0 Å². The molecule has 2 saturated heterocycles. The molecule has 6 rings (SSSR count). The van der Waals surface area contributed by atoms with Gasteiger partial charge in [0.25, 0.3) is 0 Å². The SMILES string of the molecule is O=C1CC(N2CCN(c3ncccn3)CC2)CN1c1ccc2c(ccn2-c2ccnc(C(F)(F)F)c2)c1. The van der Waals surface area contributed by atoms with E-state index in [-0.39, 0.29) is 11.9 Å². The Balaban J connectivity index is 1.17. The largest absolute Gasteiger partial charge is 0.433 e. The van der Waals surface area contributed by atoms with Gasteiger partial charge in [-0.1, -0.05) is 0 Å². The number of benzene rings is 1. The number of aromatic nitrogens is 4. The minimum absolute atomic E-state index is 0.0709. The van der Waals surface area contributed by atoms with Gasteiger partial charge in [0, 0.05) is 86.7 Å². The number of alkyl halides is 3. The molecule has 3 aromatic heterocycles. The molecule has 2 aliphatic heterocycles. The lowest BCUT2D eigenvalue weighted by Crippen LogP contribution is -2.51. The standard InChI is InChI=1S/C26H24F3N7O/c27-26(28,29)23-15-20(4-8-30-23)35-9-5-18-14-19(2-3-22(18)35)36-17-21(16-24(36)37)33-10-12-34(13-11-33)25-31-6-1-7-32-25/h1-9,14-15,21H,10-13,16-17H2. The predicted octanol–water partition coefficient (Wildman–Crippen LogP) is 3.76. The molecule has 11 heteroatoms. The van der Waals surface area contributed by atoms with Crippen molar-refractivity contribution in [2.24, 2.45) is 0 Å². The molecular formula is C26H24F3N7O. The molecule has 4 aromatic rings. The lowest BCUT2D eigenvalue weighted by molar-refractivity contribution is -0.141. The normalized spacial score (nSPS) is 19.2. The first-order valence-corrected chi connectivity index (χ1v) is 12.1. The molecule has 1 aromatic carbocycles. The summed E-state index contributed by atoms with van der Waals surface area (Å²) in [6, 6.07) is 12.0. The Morgan fingerprint density at radius 1 is 0.865 bits per heavy atom. The van der Waals surface area contributed by atoms with Crippen LogP contribution in [0.3, 0.4) is 0 Å². The van der Waals surface area contributed by atoms with Gasteiger partial charge in [0.1, 0.15) is 5.69 Å². The van der Waals surface area contributed by atoms with Gasteiger partial charge < -0.3 is 14.4 Å². The van der Waals surface area contributed by atoms with Crippen molar-refractivity contribution in [3.8, 4) is 5.69 Å². The van der Waals surface area contributed by atoms with Crippen molar-refractivity contribution in [2.45, 2.75) is 18.6 Å². The van der Waals surface area contributed by atoms with Crippen LogP contribution in [0.1, 0.15) is 12.1 Å². The molecule has 2 aliphatic rings. The minimum Gasteiger partial charge on any atom is -0.338 e. The lowest BCUT2D eigenvalue weighted by Gasteiger charge is -2.37. The van der Waals surface area contributed by atoms with Crippen LogP contribution in [0.4, 0.5) is 24.8 Å². The molecule has 0 aliphatic carbocycles. The number of halogens is 3. The highest BCUT2D eigenvalue weighted by atomic mass is 19.4. The minimum atomic E-state index is -4.51. The summed E-state index contributed by atoms with van der Waals surface area (Å²) in [4.78, 5) is 31.4. The van der Waals surface area contributed by atoms with Crippen LogP contribution < -0.4 is 9.80 Å². The molecule has 0 spiro atoms. The number of amides is 1. The monoisotopic (exact) mass is 507 g/mol. The van der Waals surface area contributed by atoms with E-state index in [0.717, 1.165) is 61.0 Å². The Morgan fingerprint density at radius 3 is 2.41 bits per heavy atom. The second-order valence-corrected chi connectivity index (χ2v) is 9.26. The van der Waals surface area contributed by atoms with Crippen LogP contribution in [-0.4, -0.2) is 69.1 Å². The second-order valence-electron chi connectivity index (χ2n) is 9.26. The Morgan fingerprint density at radius 2 is 1.65 bits per heavy atom. The third-order valence-corrected chi connectivity index (χ3v) is 7.07. The number of nitrogens with zero attached hydrogens (tertiary/aromatic N) is 7. The van der Waals surface area contributed by atoms with E-state index in [9.17, 15) is 18.0 Å². The summed E-state index contributed by atoms with van der Waals surface area (Å²) in [6.45, 7) is 3.88. The Bertz CT molecular complexity index is 1430. The topological polar surface area (TPSA) is 70.4 Å². The quantitative estimate of drug-likeness (QED) is 0.419. The van der Waals surface area contributed by atoms with Crippen LogP contribution >= 0.6 is 0 Å². The summed E-state index contributed by atoms with van der Waals surface area (Å²) < 4.78 is 41.1. The highest BCUT2D eigenvalue weighted by Crippen LogP contribution is 2.32. The lowest BCUT2D eigenvalue weighted by atomic mass is 10.2. The average Bonchev–Trinajstić information content (AvgIpc) is 3.52. The van der Waals surface area contributed by atoms with Crippen molar-refractivity contribution in [3.05, 3.63) is 72.9 Å². The highest BCUT2D eigenvalue weighted by Gasteiger charge is 2.36. The van der Waals surface area contributed by atoms with Crippen molar-refractivity contribution < 1.29 is 18.0 Å². The number of carbonyl (C=O) groups excluding carboxylic acids is 1. The molecule has 5 heterocycles. The van der Waals surface area contributed by atoms with Gasteiger partial charge in [0.05, 0.1) is 5.52 Å². The van der Waals surface area contributed by atoms with Gasteiger partial charge >= 0.3 is 6.18 Å². The molecule has 2 fully saturated rings. The van der Waals surface area contributed by atoms with Crippen molar-refractivity contribution in [1.29, 1.82) is 0 Å². The number of piperazine rings is 1. The van der Waals surface area contributed by atoms with Gasteiger partial charge in [-0.05, 0) is 42.5 Å². The molecule has 8 nitrogen and oxygen atoms in total. The van der Waals surface area contributed by atoms with Gasteiger partial charge in [-0.15, -0.1) is 0 Å². The number of rotatable bonds is 4. The van der Waals surface area contributed by atoms with Crippen molar-refractivity contribution in [3.63, 3.8) is 0 Å². The fourth-order valence-electron chi connectivity index (χ4n) is 5.17. The number of anilines is 2. The van der Waals surface area contributed by atoms with Crippen molar-refractivity contribution in [2.75, 3.05) is 42.5 Å². The molecule has 37 heavy (non-hydrogen) atoms. The third-order valence-electron chi connectivity index (χ3n) is 7.07. The maximum atomic E-state index is 13.1. The van der Waals surface area contributed by atoms with Gasteiger partial charge in [-0.2, -0.15) is 13.2 Å². The molecule has 1 amide bonds. The molecule has 1 atom stereocenters. The Hall–Kier alpha value is -3.99. The molecule has 0 saturated carbocycles. The van der Waals surface area contributed by atoms with Gasteiger partial charge in [-0.25, -0.2) is 9.97 Å². The maximum absolute atomic E-state index is 13.1. The van der Waals surface area contributed by atoms with E-state index < -0.39 is 11.9 Å². The van der Waals surface area contributed by atoms with Crippen molar-refractivity contribution >= 4 is 28.4 Å². The van der Waals surface area contributed by atoms with Gasteiger partial charge in [0.15, 0.2) is 0 Å². The summed E-state index contributed by atoms with van der Waals surface area (Å²) in [5, 5.41) is 0.843. The van der Waals surface area contributed by atoms with Gasteiger partial charge in [-0.3, -0.25) is 14.7 Å². The third kappa shape index (κ3) is 4.50. The van der Waals surface area contributed by atoms with E-state index in [1.165, 1.54) is 0 Å². The molecular weight excluding hydrogens is 483 g/mol. The van der Waals surface area contributed by atoms with Crippen LogP contribution in [0.25, 0.3) is 16.6 Å². The number of pyridine rings is 1. The summed E-state index contributed by atoms with van der Waals surface area (Å²) in [7, 11) is 0. The first-order chi connectivity index (χ1) is 17.9. The van der Waals surface area contributed by atoms with E-state index in [1.807, 2.05) is 29.2 Å². The van der Waals surface area contributed by atoms with E-state index in [1.54, 1.807) is 35.3 Å². The summed E-state index contributed by atoms with van der Waals surface area (Å²) in [5.41, 5.74) is 0.988. The number of fused-ring (bicyclic) bond motifs is 1. The van der Waals surface area contributed by atoms with Crippen LogP contribution in [0.5, 0.6) is 0 Å². The summed E-state index contributed by atoms with van der Waals surface area (Å²) in [6.07, 6.45) is 2.32. The number of hydrogen-bond donors (Lipinski definition) is 0. The van der Waals surface area contributed by atoms with Crippen molar-refractivity contribution in [1.82, 2.24) is 24.4 Å². The smallest absolute Gasteiger partial charge is 0.338 e. The van der Waals surface area contributed by atoms with E-state index >= 15 is 0 Å². The zero-order valence-electron chi connectivity index (χ0n) is 19.8. The fraction of sp³-hybridized carbons (Fsp3) is 0.308.